The molecule has 3 aromatic rings. The number of hydrogen-bond donors (Lipinski definition) is 0. The SMILES string of the molecule is Cc1nc(N2CCC(N(C)c3ccncn3)CC2)c2cnn(C)c2n1. The van der Waals surface area contributed by atoms with Gasteiger partial charge in [-0.3, -0.25) is 4.68 Å². The van der Waals surface area contributed by atoms with Crippen LogP contribution in [0.2, 0.25) is 0 Å². The van der Waals surface area contributed by atoms with E-state index in [0.29, 0.717) is 6.04 Å². The number of aromatic nitrogens is 6. The van der Waals surface area contributed by atoms with Crippen LogP contribution in [0.4, 0.5) is 11.6 Å². The van der Waals surface area contributed by atoms with Crippen molar-refractivity contribution in [3.05, 3.63) is 30.6 Å². The molecule has 0 aromatic carbocycles. The fourth-order valence-corrected chi connectivity index (χ4v) is 3.50. The Balaban J connectivity index is 1.53. The fourth-order valence-electron chi connectivity index (χ4n) is 3.50. The van der Waals surface area contributed by atoms with Crippen molar-refractivity contribution in [3.8, 4) is 0 Å². The van der Waals surface area contributed by atoms with Crippen LogP contribution in [0.3, 0.4) is 0 Å². The van der Waals surface area contributed by atoms with E-state index in [1.54, 1.807) is 12.5 Å². The number of nitrogens with zero attached hydrogens (tertiary/aromatic N) is 8. The Morgan fingerprint density at radius 2 is 2.00 bits per heavy atom. The van der Waals surface area contributed by atoms with Gasteiger partial charge < -0.3 is 9.80 Å². The van der Waals surface area contributed by atoms with Crippen molar-refractivity contribution < 1.29 is 0 Å². The molecular weight excluding hydrogens is 316 g/mol. The van der Waals surface area contributed by atoms with E-state index in [9.17, 15) is 0 Å². The average Bonchev–Trinajstić information content (AvgIpc) is 3.02. The molecule has 130 valence electrons. The Bertz CT molecular complexity index is 867. The monoisotopic (exact) mass is 338 g/mol. The van der Waals surface area contributed by atoms with Crippen LogP contribution in [0, 0.1) is 6.92 Å². The lowest BCUT2D eigenvalue weighted by Gasteiger charge is -2.37. The van der Waals surface area contributed by atoms with Crippen molar-refractivity contribution in [2.45, 2.75) is 25.8 Å². The molecule has 1 aliphatic rings. The molecule has 0 spiro atoms. The summed E-state index contributed by atoms with van der Waals surface area (Å²) in [5, 5.41) is 5.36. The van der Waals surface area contributed by atoms with E-state index in [0.717, 1.165) is 54.4 Å². The quantitative estimate of drug-likeness (QED) is 0.717. The molecule has 0 radical (unpaired) electrons. The molecule has 4 heterocycles. The average molecular weight is 338 g/mol. The van der Waals surface area contributed by atoms with Crippen LogP contribution in [-0.2, 0) is 7.05 Å². The van der Waals surface area contributed by atoms with Gasteiger partial charge in [0.1, 0.15) is 23.8 Å². The normalized spacial score (nSPS) is 15.7. The minimum Gasteiger partial charge on any atom is -0.356 e. The van der Waals surface area contributed by atoms with Gasteiger partial charge in [-0.1, -0.05) is 0 Å². The van der Waals surface area contributed by atoms with Gasteiger partial charge in [-0.05, 0) is 25.8 Å². The van der Waals surface area contributed by atoms with Crippen molar-refractivity contribution in [1.82, 2.24) is 29.7 Å². The summed E-state index contributed by atoms with van der Waals surface area (Å²) in [4.78, 5) is 22.2. The van der Waals surface area contributed by atoms with Gasteiger partial charge in [0.2, 0.25) is 0 Å². The highest BCUT2D eigenvalue weighted by Crippen LogP contribution is 2.28. The van der Waals surface area contributed by atoms with E-state index >= 15 is 0 Å². The molecule has 3 aromatic heterocycles. The summed E-state index contributed by atoms with van der Waals surface area (Å²) in [6, 6.07) is 2.43. The van der Waals surface area contributed by atoms with Gasteiger partial charge in [0, 0.05) is 39.4 Å². The van der Waals surface area contributed by atoms with E-state index < -0.39 is 0 Å². The number of hydrogen-bond acceptors (Lipinski definition) is 7. The maximum atomic E-state index is 4.69. The second-order valence-corrected chi connectivity index (χ2v) is 6.50. The molecule has 1 fully saturated rings. The van der Waals surface area contributed by atoms with Crippen molar-refractivity contribution in [2.24, 2.45) is 7.05 Å². The largest absolute Gasteiger partial charge is 0.356 e. The number of piperidine rings is 1. The summed E-state index contributed by atoms with van der Waals surface area (Å²) in [6.45, 7) is 3.85. The third kappa shape index (κ3) is 2.88. The highest BCUT2D eigenvalue weighted by molar-refractivity contribution is 5.87. The van der Waals surface area contributed by atoms with E-state index in [1.807, 2.05) is 30.9 Å². The van der Waals surface area contributed by atoms with E-state index in [1.165, 1.54) is 0 Å². The Labute approximate surface area is 146 Å². The lowest BCUT2D eigenvalue weighted by molar-refractivity contribution is 0.478. The molecule has 1 aliphatic heterocycles. The lowest BCUT2D eigenvalue weighted by Crippen LogP contribution is -2.44. The van der Waals surface area contributed by atoms with E-state index in [4.69, 9.17) is 4.98 Å². The van der Waals surface area contributed by atoms with E-state index in [-0.39, 0.29) is 0 Å². The van der Waals surface area contributed by atoms with E-state index in [2.05, 4.69) is 36.9 Å². The maximum absolute atomic E-state index is 4.69. The smallest absolute Gasteiger partial charge is 0.163 e. The van der Waals surface area contributed by atoms with Crippen LogP contribution >= 0.6 is 0 Å². The molecule has 0 atom stereocenters. The van der Waals surface area contributed by atoms with Gasteiger partial charge >= 0.3 is 0 Å². The zero-order chi connectivity index (χ0) is 17.4. The molecule has 8 nitrogen and oxygen atoms in total. The van der Waals surface area contributed by atoms with Gasteiger partial charge in [0.25, 0.3) is 0 Å². The van der Waals surface area contributed by atoms with Gasteiger partial charge in [0.15, 0.2) is 5.65 Å². The number of fused-ring (bicyclic) bond motifs is 1. The molecule has 4 rings (SSSR count). The summed E-state index contributed by atoms with van der Waals surface area (Å²) in [5.74, 6) is 2.76. The van der Waals surface area contributed by atoms with Crippen molar-refractivity contribution in [2.75, 3.05) is 29.9 Å². The molecule has 0 N–H and O–H groups in total. The Morgan fingerprint density at radius 3 is 2.72 bits per heavy atom. The predicted octanol–water partition coefficient (Wildman–Crippen LogP) is 1.57. The van der Waals surface area contributed by atoms with Crippen LogP contribution < -0.4 is 9.80 Å². The van der Waals surface area contributed by atoms with Crippen molar-refractivity contribution >= 4 is 22.7 Å². The first-order valence-electron chi connectivity index (χ1n) is 8.53. The first kappa shape index (κ1) is 15.7. The molecule has 0 aliphatic carbocycles. The third-order valence-electron chi connectivity index (χ3n) is 4.92. The van der Waals surface area contributed by atoms with Crippen molar-refractivity contribution in [1.29, 1.82) is 0 Å². The van der Waals surface area contributed by atoms with Crippen LogP contribution in [0.15, 0.2) is 24.8 Å². The zero-order valence-electron chi connectivity index (χ0n) is 14.8. The fraction of sp³-hybridized carbons (Fsp3) is 0.471. The highest BCUT2D eigenvalue weighted by atomic mass is 15.3. The maximum Gasteiger partial charge on any atom is 0.163 e. The van der Waals surface area contributed by atoms with Gasteiger partial charge in [-0.25, -0.2) is 19.9 Å². The summed E-state index contributed by atoms with van der Waals surface area (Å²) in [5.41, 5.74) is 0.891. The summed E-state index contributed by atoms with van der Waals surface area (Å²) in [6.07, 6.45) is 7.38. The zero-order valence-corrected chi connectivity index (χ0v) is 14.8. The minimum atomic E-state index is 0.471. The van der Waals surface area contributed by atoms with Gasteiger partial charge in [-0.15, -0.1) is 0 Å². The number of anilines is 2. The van der Waals surface area contributed by atoms with Crippen LogP contribution in [0.5, 0.6) is 0 Å². The Morgan fingerprint density at radius 1 is 1.20 bits per heavy atom. The van der Waals surface area contributed by atoms with Crippen LogP contribution in [0.25, 0.3) is 11.0 Å². The first-order valence-corrected chi connectivity index (χ1v) is 8.53. The minimum absolute atomic E-state index is 0.471. The summed E-state index contributed by atoms with van der Waals surface area (Å²) >= 11 is 0. The van der Waals surface area contributed by atoms with Crippen LogP contribution in [0.1, 0.15) is 18.7 Å². The molecule has 0 amide bonds. The molecule has 1 saturated heterocycles. The molecular formula is C17H22N8. The third-order valence-corrected chi connectivity index (χ3v) is 4.92. The predicted molar refractivity (Wildman–Crippen MR) is 96.7 cm³/mol. The molecule has 0 unspecified atom stereocenters. The second kappa shape index (κ2) is 6.27. The second-order valence-electron chi connectivity index (χ2n) is 6.50. The standard InChI is InChI=1S/C17H22N8/c1-12-21-16-14(10-20-24(16)3)17(22-12)25-8-5-13(6-9-25)23(2)15-4-7-18-11-19-15/h4,7,10-11,13H,5-6,8-9H2,1-3H3. The topological polar surface area (TPSA) is 75.9 Å². The lowest BCUT2D eigenvalue weighted by atomic mass is 10.0. The molecule has 25 heavy (non-hydrogen) atoms. The highest BCUT2D eigenvalue weighted by Gasteiger charge is 2.25. The summed E-state index contributed by atoms with van der Waals surface area (Å²) < 4.78 is 1.81. The van der Waals surface area contributed by atoms with Crippen LogP contribution in [-0.4, -0.2) is 55.9 Å². The van der Waals surface area contributed by atoms with Crippen molar-refractivity contribution in [3.63, 3.8) is 0 Å². The number of aryl methyl sites for hydroxylation is 2. The Kier molecular flexibility index (Phi) is 3.95. The molecule has 0 saturated carbocycles. The summed E-state index contributed by atoms with van der Waals surface area (Å²) in [7, 11) is 4.03. The van der Waals surface area contributed by atoms with Gasteiger partial charge in [0.05, 0.1) is 11.6 Å². The Hall–Kier alpha value is -2.77. The number of rotatable bonds is 3. The van der Waals surface area contributed by atoms with Gasteiger partial charge in [-0.2, -0.15) is 5.10 Å². The molecule has 0 bridgehead atoms. The first-order chi connectivity index (χ1) is 12.1. The molecule has 8 heteroatoms.